The van der Waals surface area contributed by atoms with E-state index in [1.54, 1.807) is 0 Å². The lowest BCUT2D eigenvalue weighted by molar-refractivity contribution is 0.679. The Labute approximate surface area is 118 Å². The second-order valence-corrected chi connectivity index (χ2v) is 6.52. The summed E-state index contributed by atoms with van der Waals surface area (Å²) >= 11 is 1.91. The van der Waals surface area contributed by atoms with Crippen molar-refractivity contribution in [2.75, 3.05) is 13.6 Å². The highest BCUT2D eigenvalue weighted by molar-refractivity contribution is 7.11. The maximum absolute atomic E-state index is 4.76. The van der Waals surface area contributed by atoms with Gasteiger partial charge in [-0.15, -0.1) is 11.3 Å². The lowest BCUT2D eigenvalue weighted by atomic mass is 10.0. The van der Waals surface area contributed by atoms with Crippen molar-refractivity contribution >= 4 is 17.3 Å². The van der Waals surface area contributed by atoms with Crippen LogP contribution in [0.4, 0.5) is 0 Å². The van der Waals surface area contributed by atoms with E-state index in [-0.39, 0.29) is 0 Å². The molecule has 3 rings (SSSR count). The standard InChI is InChI=1S/C14H22N4S/c1-15-14(17-10-6-7-10)16-9-8-13-18-11-4-2-3-5-12(11)19-13/h10H,2-9H2,1H3,(H2,15,16,17). The molecule has 0 bridgehead atoms. The van der Waals surface area contributed by atoms with Crippen molar-refractivity contribution in [2.45, 2.75) is 51.0 Å². The number of guanidine groups is 1. The van der Waals surface area contributed by atoms with Gasteiger partial charge in [-0.1, -0.05) is 0 Å². The fraction of sp³-hybridized carbons (Fsp3) is 0.714. The minimum absolute atomic E-state index is 0.651. The molecule has 4 nitrogen and oxygen atoms in total. The summed E-state index contributed by atoms with van der Waals surface area (Å²) in [5.74, 6) is 0.934. The number of hydrogen-bond acceptors (Lipinski definition) is 3. The Kier molecular flexibility index (Phi) is 4.01. The van der Waals surface area contributed by atoms with E-state index in [0.29, 0.717) is 6.04 Å². The van der Waals surface area contributed by atoms with Gasteiger partial charge < -0.3 is 10.6 Å². The molecule has 2 aliphatic carbocycles. The minimum atomic E-state index is 0.651. The van der Waals surface area contributed by atoms with Gasteiger partial charge in [0.2, 0.25) is 0 Å². The fourth-order valence-corrected chi connectivity index (χ4v) is 3.57. The van der Waals surface area contributed by atoms with Crippen LogP contribution in [0.1, 0.15) is 41.3 Å². The van der Waals surface area contributed by atoms with E-state index < -0.39 is 0 Å². The van der Waals surface area contributed by atoms with E-state index >= 15 is 0 Å². The number of hydrogen-bond donors (Lipinski definition) is 2. The SMILES string of the molecule is CN=C(NCCc1nc2c(s1)CCCC2)NC1CC1. The van der Waals surface area contributed by atoms with Crippen molar-refractivity contribution in [3.63, 3.8) is 0 Å². The summed E-state index contributed by atoms with van der Waals surface area (Å²) in [7, 11) is 1.83. The van der Waals surface area contributed by atoms with Crippen LogP contribution >= 0.6 is 11.3 Å². The molecule has 0 aromatic carbocycles. The zero-order chi connectivity index (χ0) is 13.1. The summed E-state index contributed by atoms with van der Waals surface area (Å²) in [6, 6.07) is 0.651. The first kappa shape index (κ1) is 12.9. The normalized spacial score (nSPS) is 19.1. The van der Waals surface area contributed by atoms with E-state index in [2.05, 4.69) is 15.6 Å². The molecule has 2 N–H and O–H groups in total. The van der Waals surface area contributed by atoms with Gasteiger partial charge in [-0.05, 0) is 38.5 Å². The van der Waals surface area contributed by atoms with Crippen molar-refractivity contribution in [3.8, 4) is 0 Å². The summed E-state index contributed by atoms with van der Waals surface area (Å²) in [4.78, 5) is 10.5. The van der Waals surface area contributed by atoms with Gasteiger partial charge in [0, 0.05) is 30.9 Å². The Hall–Kier alpha value is -1.10. The molecule has 2 aliphatic rings. The lowest BCUT2D eigenvalue weighted by Gasteiger charge is -2.09. The van der Waals surface area contributed by atoms with Crippen molar-refractivity contribution in [1.82, 2.24) is 15.6 Å². The highest BCUT2D eigenvalue weighted by Gasteiger charge is 2.22. The molecular formula is C14H22N4S. The monoisotopic (exact) mass is 278 g/mol. The molecule has 0 saturated heterocycles. The number of thiazole rings is 1. The molecule has 0 unspecified atom stereocenters. The summed E-state index contributed by atoms with van der Waals surface area (Å²) in [6.45, 7) is 0.915. The van der Waals surface area contributed by atoms with Gasteiger partial charge in [0.25, 0.3) is 0 Å². The smallest absolute Gasteiger partial charge is 0.191 e. The molecule has 1 fully saturated rings. The molecule has 1 saturated carbocycles. The third kappa shape index (κ3) is 3.47. The van der Waals surface area contributed by atoms with E-state index in [4.69, 9.17) is 4.98 Å². The predicted molar refractivity (Wildman–Crippen MR) is 80.0 cm³/mol. The highest BCUT2D eigenvalue weighted by Crippen LogP contribution is 2.26. The van der Waals surface area contributed by atoms with Crippen LogP contribution in [0, 0.1) is 0 Å². The Bertz CT molecular complexity index is 439. The van der Waals surface area contributed by atoms with Gasteiger partial charge in [-0.3, -0.25) is 4.99 Å². The first-order valence-corrected chi connectivity index (χ1v) is 8.11. The third-order valence-electron chi connectivity index (χ3n) is 3.66. The molecule has 5 heteroatoms. The number of nitrogens with one attached hydrogen (secondary N) is 2. The summed E-state index contributed by atoms with van der Waals surface area (Å²) in [5.41, 5.74) is 1.37. The van der Waals surface area contributed by atoms with Crippen LogP contribution in [-0.4, -0.2) is 30.6 Å². The van der Waals surface area contributed by atoms with Crippen LogP contribution < -0.4 is 10.6 Å². The lowest BCUT2D eigenvalue weighted by Crippen LogP contribution is -2.39. The van der Waals surface area contributed by atoms with Crippen molar-refractivity contribution in [2.24, 2.45) is 4.99 Å². The molecule has 1 aromatic heterocycles. The van der Waals surface area contributed by atoms with E-state index in [1.807, 2.05) is 18.4 Å². The predicted octanol–water partition coefficient (Wildman–Crippen LogP) is 1.89. The molecule has 19 heavy (non-hydrogen) atoms. The molecule has 0 amide bonds. The van der Waals surface area contributed by atoms with Crippen LogP contribution in [0.2, 0.25) is 0 Å². The Balaban J connectivity index is 1.47. The molecule has 0 atom stereocenters. The Morgan fingerprint density at radius 1 is 1.37 bits per heavy atom. The first-order chi connectivity index (χ1) is 9.35. The minimum Gasteiger partial charge on any atom is -0.356 e. The molecule has 0 spiro atoms. The summed E-state index contributed by atoms with van der Waals surface area (Å²) in [5, 5.41) is 8.05. The average Bonchev–Trinajstić information content (AvgIpc) is 3.14. The van der Waals surface area contributed by atoms with Crippen LogP contribution in [-0.2, 0) is 19.3 Å². The number of rotatable bonds is 4. The van der Waals surface area contributed by atoms with Crippen LogP contribution in [0.3, 0.4) is 0 Å². The largest absolute Gasteiger partial charge is 0.356 e. The first-order valence-electron chi connectivity index (χ1n) is 7.30. The number of aryl methyl sites for hydroxylation is 2. The third-order valence-corrected chi connectivity index (χ3v) is 4.88. The van der Waals surface area contributed by atoms with Gasteiger partial charge >= 0.3 is 0 Å². The topological polar surface area (TPSA) is 49.3 Å². The fourth-order valence-electron chi connectivity index (χ4n) is 2.42. The maximum Gasteiger partial charge on any atom is 0.191 e. The van der Waals surface area contributed by atoms with Gasteiger partial charge in [-0.25, -0.2) is 4.98 Å². The second kappa shape index (κ2) is 5.90. The summed E-state index contributed by atoms with van der Waals surface area (Å²) in [6.07, 6.45) is 8.63. The highest BCUT2D eigenvalue weighted by atomic mass is 32.1. The maximum atomic E-state index is 4.76. The molecule has 0 radical (unpaired) electrons. The molecule has 104 valence electrons. The van der Waals surface area contributed by atoms with Crippen LogP contribution in [0.5, 0.6) is 0 Å². The quantitative estimate of drug-likeness (QED) is 0.653. The van der Waals surface area contributed by atoms with Gasteiger partial charge in [-0.2, -0.15) is 0 Å². The van der Waals surface area contributed by atoms with Crippen molar-refractivity contribution in [1.29, 1.82) is 0 Å². The van der Waals surface area contributed by atoms with Crippen molar-refractivity contribution in [3.05, 3.63) is 15.6 Å². The van der Waals surface area contributed by atoms with Gasteiger partial charge in [0.05, 0.1) is 10.7 Å². The van der Waals surface area contributed by atoms with E-state index in [9.17, 15) is 0 Å². The molecule has 0 aliphatic heterocycles. The second-order valence-electron chi connectivity index (χ2n) is 5.35. The van der Waals surface area contributed by atoms with Gasteiger partial charge in [0.1, 0.15) is 0 Å². The van der Waals surface area contributed by atoms with Crippen LogP contribution in [0.25, 0.3) is 0 Å². The van der Waals surface area contributed by atoms with Crippen LogP contribution in [0.15, 0.2) is 4.99 Å². The number of aliphatic imine (C=N–C) groups is 1. The molecule has 1 aromatic rings. The van der Waals surface area contributed by atoms with E-state index in [0.717, 1.165) is 18.9 Å². The molecular weight excluding hydrogens is 256 g/mol. The van der Waals surface area contributed by atoms with Crippen molar-refractivity contribution < 1.29 is 0 Å². The zero-order valence-electron chi connectivity index (χ0n) is 11.5. The number of aromatic nitrogens is 1. The van der Waals surface area contributed by atoms with Gasteiger partial charge in [0.15, 0.2) is 5.96 Å². The zero-order valence-corrected chi connectivity index (χ0v) is 12.4. The average molecular weight is 278 g/mol. The summed E-state index contributed by atoms with van der Waals surface area (Å²) < 4.78 is 0. The number of nitrogens with zero attached hydrogens (tertiary/aromatic N) is 2. The Morgan fingerprint density at radius 3 is 2.95 bits per heavy atom. The molecule has 1 heterocycles. The van der Waals surface area contributed by atoms with E-state index in [1.165, 1.54) is 54.1 Å². The Morgan fingerprint density at radius 2 is 2.21 bits per heavy atom. The number of fused-ring (bicyclic) bond motifs is 1.